The lowest BCUT2D eigenvalue weighted by molar-refractivity contribution is -0.172. The van der Waals surface area contributed by atoms with Crippen molar-refractivity contribution in [3.63, 3.8) is 0 Å². The van der Waals surface area contributed by atoms with E-state index in [1.165, 1.54) is 24.7 Å². The van der Waals surface area contributed by atoms with E-state index in [9.17, 15) is 29.1 Å². The average Bonchev–Trinajstić information content (AvgIpc) is 3.82. The van der Waals surface area contributed by atoms with Gasteiger partial charge in [-0.2, -0.15) is 0 Å². The largest absolute Gasteiger partial charge is 0.494 e. The van der Waals surface area contributed by atoms with Gasteiger partial charge in [-0.05, 0) is 72.1 Å². The fraction of sp³-hybridized carbons (Fsp3) is 0.375. The summed E-state index contributed by atoms with van der Waals surface area (Å²) >= 11 is 0. The Kier molecular flexibility index (Phi) is 12.3. The van der Waals surface area contributed by atoms with Gasteiger partial charge >= 0.3 is 12.1 Å². The molecule has 64 heavy (non-hydrogen) atoms. The van der Waals surface area contributed by atoms with Gasteiger partial charge in [0.05, 0.1) is 36.1 Å². The van der Waals surface area contributed by atoms with Gasteiger partial charge in [0, 0.05) is 35.1 Å². The number of nitrogens with one attached hydrogen (secondary N) is 3. The highest BCUT2D eigenvalue weighted by Crippen LogP contribution is 2.45. The Morgan fingerprint density at radius 2 is 1.69 bits per heavy atom. The third-order valence-electron chi connectivity index (χ3n) is 12.5. The number of alkyl carbamates (subject to hydrolysis) is 1. The Morgan fingerprint density at radius 1 is 0.984 bits per heavy atom. The summed E-state index contributed by atoms with van der Waals surface area (Å²) in [5.41, 5.74) is 4.94. The van der Waals surface area contributed by atoms with Crippen LogP contribution in [0.3, 0.4) is 0 Å². The van der Waals surface area contributed by atoms with E-state index in [1.807, 2.05) is 48.5 Å². The number of benzene rings is 3. The van der Waals surface area contributed by atoms with Crippen molar-refractivity contribution < 1.29 is 47.6 Å². The highest BCUT2D eigenvalue weighted by molar-refractivity contribution is 5.92. The molecule has 1 aliphatic carbocycles. The number of carbonyl (C=O) groups is 4. The predicted molar refractivity (Wildman–Crippen MR) is 233 cm³/mol. The quantitative estimate of drug-likeness (QED) is 0.0593. The third kappa shape index (κ3) is 7.96. The van der Waals surface area contributed by atoms with Crippen LogP contribution in [0.2, 0.25) is 0 Å². The maximum absolute atomic E-state index is 15.0. The van der Waals surface area contributed by atoms with Crippen LogP contribution in [0.1, 0.15) is 79.8 Å². The number of hydrogen-bond acceptors (Lipinski definition) is 11. The molecule has 0 spiro atoms. The Bertz CT molecular complexity index is 2710. The minimum atomic E-state index is -2.00. The van der Waals surface area contributed by atoms with Crippen molar-refractivity contribution in [2.75, 3.05) is 27.1 Å². The third-order valence-corrected chi connectivity index (χ3v) is 12.5. The Labute approximate surface area is 368 Å². The standard InChI is InChI=1S/C48H50FN5O10/c1-6-48(60)36-19-39-42-33(21-54(39)45(57)35(36)23-63-46(48)58)31(32-18-40(61-5)37(49)20-38(32)52-42)16-11-17-62-24-50-43(55)26(4)51-44(56)41(25(2)3)53-47(59)64-22-34-29-14-9-7-12-27(29)28-13-8-10-15-30(28)34/h7-10,12-15,18-20,25-26,34,41,60H,6,11,16-17,21-24H2,1-5H3,(H,50,55)(H,51,56)(H,53,59)/t26-,41-,48-/m0/s1. The smallest absolute Gasteiger partial charge is 0.407 e. The van der Waals surface area contributed by atoms with E-state index in [1.54, 1.807) is 32.9 Å². The van der Waals surface area contributed by atoms with E-state index in [4.69, 9.17) is 23.9 Å². The van der Waals surface area contributed by atoms with Gasteiger partial charge in [-0.25, -0.2) is 19.0 Å². The summed E-state index contributed by atoms with van der Waals surface area (Å²) in [6.45, 7) is 6.71. The zero-order chi connectivity index (χ0) is 45.4. The normalized spacial score (nSPS) is 16.8. The lowest BCUT2D eigenvalue weighted by Gasteiger charge is -2.31. The summed E-state index contributed by atoms with van der Waals surface area (Å²) in [6.07, 6.45) is 0.107. The summed E-state index contributed by atoms with van der Waals surface area (Å²) in [5, 5.41) is 19.9. The van der Waals surface area contributed by atoms with Crippen LogP contribution in [-0.4, -0.2) is 77.7 Å². The maximum Gasteiger partial charge on any atom is 0.407 e. The molecule has 3 atom stereocenters. The monoisotopic (exact) mass is 875 g/mol. The molecule has 334 valence electrons. The van der Waals surface area contributed by atoms with Gasteiger partial charge in [0.15, 0.2) is 17.2 Å². The van der Waals surface area contributed by atoms with Crippen molar-refractivity contribution in [3.8, 4) is 28.3 Å². The molecule has 5 aromatic rings. The number of methoxy groups -OCH3 is 1. The molecule has 0 unspecified atom stereocenters. The summed E-state index contributed by atoms with van der Waals surface area (Å²) < 4.78 is 38.5. The van der Waals surface area contributed by atoms with Crippen LogP contribution < -0.4 is 26.2 Å². The van der Waals surface area contributed by atoms with E-state index in [2.05, 4.69) is 16.0 Å². The Hall–Kier alpha value is -6.65. The Balaban J connectivity index is 0.866. The molecule has 3 aromatic carbocycles. The predicted octanol–water partition coefficient (Wildman–Crippen LogP) is 5.32. The molecule has 0 bridgehead atoms. The number of nitrogens with zero attached hydrogens (tertiary/aromatic N) is 2. The fourth-order valence-corrected chi connectivity index (χ4v) is 8.97. The highest BCUT2D eigenvalue weighted by atomic mass is 19.1. The maximum atomic E-state index is 15.0. The molecule has 2 aliphatic heterocycles. The molecule has 15 nitrogen and oxygen atoms in total. The second-order valence-corrected chi connectivity index (χ2v) is 16.6. The SMILES string of the molecule is CC[C@@]1(O)C(=O)OCc2c1cc1n(c2=O)Cc2c-1nc1cc(F)c(OC)cc1c2CCCOCNC(=O)[C@H](C)NC(=O)[C@@H](NC(=O)OCC1c2ccccc2-c2ccccc21)C(C)C. The number of fused-ring (bicyclic) bond motifs is 8. The molecule has 0 saturated heterocycles. The van der Waals surface area contributed by atoms with Crippen LogP contribution in [0.25, 0.3) is 33.4 Å². The van der Waals surface area contributed by atoms with Crippen molar-refractivity contribution in [3.05, 3.63) is 116 Å². The first-order valence-corrected chi connectivity index (χ1v) is 21.4. The summed E-state index contributed by atoms with van der Waals surface area (Å²) in [7, 11) is 1.37. The molecule has 3 aliphatic rings. The number of aliphatic hydroxyl groups is 1. The first-order chi connectivity index (χ1) is 30.7. The number of aryl methyl sites for hydroxylation is 1. The molecule has 3 amide bonds. The number of aromatic nitrogens is 2. The number of halogens is 1. The topological polar surface area (TPSA) is 196 Å². The second-order valence-electron chi connectivity index (χ2n) is 16.6. The molecule has 0 saturated carbocycles. The number of ether oxygens (including phenoxy) is 4. The van der Waals surface area contributed by atoms with Gasteiger partial charge in [0.2, 0.25) is 11.8 Å². The highest BCUT2D eigenvalue weighted by Gasteiger charge is 2.45. The first kappa shape index (κ1) is 44.0. The molecule has 0 radical (unpaired) electrons. The number of esters is 1. The Morgan fingerprint density at radius 3 is 2.36 bits per heavy atom. The van der Waals surface area contributed by atoms with E-state index in [0.717, 1.165) is 33.4 Å². The fourth-order valence-electron chi connectivity index (χ4n) is 8.97. The summed E-state index contributed by atoms with van der Waals surface area (Å²) in [6, 6.07) is 18.5. The number of hydrogen-bond donors (Lipinski definition) is 4. The minimum absolute atomic E-state index is 0.00815. The lowest BCUT2D eigenvalue weighted by Crippen LogP contribution is -2.54. The van der Waals surface area contributed by atoms with Crippen molar-refractivity contribution in [2.24, 2.45) is 5.92 Å². The number of carbonyl (C=O) groups excluding carboxylic acids is 4. The van der Waals surface area contributed by atoms with Crippen LogP contribution in [-0.2, 0) is 53.8 Å². The van der Waals surface area contributed by atoms with E-state index < -0.39 is 52.9 Å². The molecule has 2 aromatic heterocycles. The molecule has 16 heteroatoms. The van der Waals surface area contributed by atoms with Gasteiger partial charge in [0.1, 0.15) is 32.0 Å². The van der Waals surface area contributed by atoms with Gasteiger partial charge in [-0.1, -0.05) is 69.3 Å². The van der Waals surface area contributed by atoms with Gasteiger partial charge in [-0.3, -0.25) is 14.4 Å². The second kappa shape index (κ2) is 17.8. The zero-order valence-corrected chi connectivity index (χ0v) is 36.2. The van der Waals surface area contributed by atoms with Crippen molar-refractivity contribution in [2.45, 2.75) is 83.7 Å². The van der Waals surface area contributed by atoms with E-state index in [-0.39, 0.29) is 68.2 Å². The number of pyridine rings is 2. The molecule has 4 N–H and O–H groups in total. The summed E-state index contributed by atoms with van der Waals surface area (Å²) in [5.74, 6) is -2.94. The number of rotatable bonds is 15. The zero-order valence-electron chi connectivity index (χ0n) is 36.2. The first-order valence-electron chi connectivity index (χ1n) is 21.4. The van der Waals surface area contributed by atoms with Crippen LogP contribution >= 0.6 is 0 Å². The van der Waals surface area contributed by atoms with E-state index >= 15 is 4.39 Å². The molecular formula is C48H50FN5O10. The molecule has 0 fully saturated rings. The van der Waals surface area contributed by atoms with Crippen molar-refractivity contribution in [1.82, 2.24) is 25.5 Å². The number of amides is 3. The number of cyclic esters (lactones) is 1. The molecule has 8 rings (SSSR count). The minimum Gasteiger partial charge on any atom is -0.494 e. The average molecular weight is 876 g/mol. The van der Waals surface area contributed by atoms with Crippen LogP contribution in [0, 0.1) is 11.7 Å². The van der Waals surface area contributed by atoms with Crippen LogP contribution in [0.4, 0.5) is 9.18 Å². The van der Waals surface area contributed by atoms with Crippen molar-refractivity contribution >= 4 is 34.8 Å². The van der Waals surface area contributed by atoms with Gasteiger partial charge < -0.3 is 44.6 Å². The molecular weight excluding hydrogens is 826 g/mol. The summed E-state index contributed by atoms with van der Waals surface area (Å²) in [4.78, 5) is 70.7. The van der Waals surface area contributed by atoms with Gasteiger partial charge in [-0.15, -0.1) is 0 Å². The van der Waals surface area contributed by atoms with Crippen molar-refractivity contribution in [1.29, 1.82) is 0 Å². The van der Waals surface area contributed by atoms with Crippen LogP contribution in [0.15, 0.2) is 71.5 Å². The van der Waals surface area contributed by atoms with Gasteiger partial charge in [0.25, 0.3) is 5.56 Å². The molecule has 4 heterocycles. The van der Waals surface area contributed by atoms with E-state index in [0.29, 0.717) is 35.1 Å². The van der Waals surface area contributed by atoms with Crippen LogP contribution in [0.5, 0.6) is 5.75 Å². The lowest BCUT2D eigenvalue weighted by atomic mass is 9.86.